The summed E-state index contributed by atoms with van der Waals surface area (Å²) in [6.07, 6.45) is 5.92. The van der Waals surface area contributed by atoms with Crippen LogP contribution in [0.2, 0.25) is 0 Å². The molecule has 1 aromatic heterocycles. The van der Waals surface area contributed by atoms with Gasteiger partial charge in [0.05, 0.1) is 0 Å². The molecule has 76 valence electrons. The zero-order valence-electron chi connectivity index (χ0n) is 8.40. The molecule has 0 radical (unpaired) electrons. The highest BCUT2D eigenvalue weighted by Gasteiger charge is 2.20. The van der Waals surface area contributed by atoms with Crippen molar-refractivity contribution < 1.29 is 0 Å². The van der Waals surface area contributed by atoms with Crippen LogP contribution in [0.25, 0.3) is 0 Å². The highest BCUT2D eigenvalue weighted by Crippen LogP contribution is 2.12. The van der Waals surface area contributed by atoms with Crippen LogP contribution in [0.15, 0.2) is 18.5 Å². The van der Waals surface area contributed by atoms with E-state index >= 15 is 0 Å². The Morgan fingerprint density at radius 3 is 2.93 bits per heavy atom. The summed E-state index contributed by atoms with van der Waals surface area (Å²) in [6, 6.07) is 2.77. The van der Waals surface area contributed by atoms with E-state index in [9.17, 15) is 0 Å². The van der Waals surface area contributed by atoms with Gasteiger partial charge in [0.15, 0.2) is 0 Å². The molecule has 2 N–H and O–H groups in total. The number of hydrogen-bond donors (Lipinski definition) is 2. The predicted octanol–water partition coefficient (Wildman–Crippen LogP) is 1.03. The van der Waals surface area contributed by atoms with Gasteiger partial charge in [-0.1, -0.05) is 0 Å². The van der Waals surface area contributed by atoms with E-state index in [-0.39, 0.29) is 0 Å². The van der Waals surface area contributed by atoms with Crippen LogP contribution in [-0.4, -0.2) is 28.6 Å². The van der Waals surface area contributed by atoms with Crippen LogP contribution in [0, 0.1) is 0 Å². The third-order valence-corrected chi connectivity index (χ3v) is 2.64. The summed E-state index contributed by atoms with van der Waals surface area (Å²) < 4.78 is 0. The maximum absolute atomic E-state index is 4.16. The fourth-order valence-corrected chi connectivity index (χ4v) is 1.78. The Bertz CT molecular complexity index is 275. The van der Waals surface area contributed by atoms with Crippen LogP contribution in [0.5, 0.6) is 0 Å². The lowest BCUT2D eigenvalue weighted by molar-refractivity contribution is 0.388. The van der Waals surface area contributed by atoms with Gasteiger partial charge in [-0.15, -0.1) is 0 Å². The molecule has 0 bridgehead atoms. The van der Waals surface area contributed by atoms with Crippen LogP contribution in [-0.2, 0) is 0 Å². The molecule has 1 aromatic rings. The maximum Gasteiger partial charge on any atom is 0.222 e. The summed E-state index contributed by atoms with van der Waals surface area (Å²) in [5.74, 6) is 0.730. The third kappa shape index (κ3) is 2.20. The summed E-state index contributed by atoms with van der Waals surface area (Å²) in [5.41, 5.74) is 0. The van der Waals surface area contributed by atoms with Crippen LogP contribution in [0.3, 0.4) is 0 Å². The number of nitrogens with one attached hydrogen (secondary N) is 2. The second kappa shape index (κ2) is 4.37. The Morgan fingerprint density at radius 1 is 1.43 bits per heavy atom. The van der Waals surface area contributed by atoms with E-state index in [0.717, 1.165) is 12.5 Å². The van der Waals surface area contributed by atoms with Gasteiger partial charge in [0.2, 0.25) is 5.95 Å². The Kier molecular flexibility index (Phi) is 2.93. The van der Waals surface area contributed by atoms with Crippen molar-refractivity contribution in [3.63, 3.8) is 0 Å². The highest BCUT2D eigenvalue weighted by molar-refractivity contribution is 5.25. The highest BCUT2D eigenvalue weighted by atomic mass is 15.1. The second-order valence-electron chi connectivity index (χ2n) is 3.71. The zero-order valence-corrected chi connectivity index (χ0v) is 8.40. The van der Waals surface area contributed by atoms with Gasteiger partial charge in [-0.05, 0) is 32.4 Å². The van der Waals surface area contributed by atoms with Crippen LogP contribution >= 0.6 is 0 Å². The quantitative estimate of drug-likeness (QED) is 0.734. The van der Waals surface area contributed by atoms with E-state index in [4.69, 9.17) is 0 Å². The molecular formula is C10H16N4. The van der Waals surface area contributed by atoms with Crippen molar-refractivity contribution in [1.29, 1.82) is 0 Å². The van der Waals surface area contributed by atoms with Crippen LogP contribution in [0.1, 0.15) is 19.8 Å². The molecule has 2 atom stereocenters. The number of piperidine rings is 1. The molecule has 0 spiro atoms. The van der Waals surface area contributed by atoms with Gasteiger partial charge < -0.3 is 10.6 Å². The molecular weight excluding hydrogens is 176 g/mol. The van der Waals surface area contributed by atoms with Crippen molar-refractivity contribution in [3.05, 3.63) is 18.5 Å². The minimum Gasteiger partial charge on any atom is -0.350 e. The van der Waals surface area contributed by atoms with E-state index in [1.165, 1.54) is 12.8 Å². The molecule has 4 heteroatoms. The maximum atomic E-state index is 4.16. The molecule has 1 saturated heterocycles. The fourth-order valence-electron chi connectivity index (χ4n) is 1.78. The summed E-state index contributed by atoms with van der Waals surface area (Å²) in [4.78, 5) is 8.31. The first-order chi connectivity index (χ1) is 6.86. The summed E-state index contributed by atoms with van der Waals surface area (Å²) in [5, 5.41) is 6.78. The summed E-state index contributed by atoms with van der Waals surface area (Å²) in [7, 11) is 0. The smallest absolute Gasteiger partial charge is 0.222 e. The molecule has 0 amide bonds. The van der Waals surface area contributed by atoms with Crippen LogP contribution in [0.4, 0.5) is 5.95 Å². The standard InChI is InChI=1S/C10H16N4/c1-8-9(4-2-5-11-8)14-10-12-6-3-7-13-10/h3,6-9,11H,2,4-5H2,1H3,(H,12,13,14). The minimum absolute atomic E-state index is 0.450. The van der Waals surface area contributed by atoms with Crippen molar-refractivity contribution in [2.75, 3.05) is 11.9 Å². The lowest BCUT2D eigenvalue weighted by Gasteiger charge is -2.30. The van der Waals surface area contributed by atoms with E-state index in [2.05, 4.69) is 27.5 Å². The Labute approximate surface area is 84.2 Å². The second-order valence-corrected chi connectivity index (χ2v) is 3.71. The first-order valence-electron chi connectivity index (χ1n) is 5.13. The average Bonchev–Trinajstić information content (AvgIpc) is 2.23. The van der Waals surface area contributed by atoms with E-state index in [1.807, 2.05) is 6.07 Å². The SMILES string of the molecule is CC1NCCCC1Nc1ncccn1. The minimum atomic E-state index is 0.450. The topological polar surface area (TPSA) is 49.8 Å². The molecule has 2 heterocycles. The van der Waals surface area contributed by atoms with Gasteiger partial charge in [0, 0.05) is 24.5 Å². The Morgan fingerprint density at radius 2 is 2.21 bits per heavy atom. The lowest BCUT2D eigenvalue weighted by atomic mass is 10.0. The molecule has 0 saturated carbocycles. The largest absolute Gasteiger partial charge is 0.350 e. The van der Waals surface area contributed by atoms with E-state index < -0.39 is 0 Å². The summed E-state index contributed by atoms with van der Waals surface area (Å²) >= 11 is 0. The van der Waals surface area contributed by atoms with Crippen molar-refractivity contribution >= 4 is 5.95 Å². The number of anilines is 1. The molecule has 14 heavy (non-hydrogen) atoms. The van der Waals surface area contributed by atoms with Crippen LogP contribution < -0.4 is 10.6 Å². The third-order valence-electron chi connectivity index (χ3n) is 2.64. The molecule has 1 aliphatic heterocycles. The first kappa shape index (κ1) is 9.40. The number of rotatable bonds is 2. The fraction of sp³-hybridized carbons (Fsp3) is 0.600. The Balaban J connectivity index is 1.96. The van der Waals surface area contributed by atoms with Crippen molar-refractivity contribution in [2.45, 2.75) is 31.8 Å². The lowest BCUT2D eigenvalue weighted by Crippen LogP contribution is -2.46. The molecule has 0 aliphatic carbocycles. The van der Waals surface area contributed by atoms with Crippen molar-refractivity contribution in [3.8, 4) is 0 Å². The Hall–Kier alpha value is -1.16. The molecule has 1 aliphatic rings. The first-order valence-corrected chi connectivity index (χ1v) is 5.13. The van der Waals surface area contributed by atoms with Gasteiger partial charge >= 0.3 is 0 Å². The van der Waals surface area contributed by atoms with E-state index in [0.29, 0.717) is 12.1 Å². The molecule has 1 fully saturated rings. The van der Waals surface area contributed by atoms with Crippen molar-refractivity contribution in [2.24, 2.45) is 0 Å². The monoisotopic (exact) mass is 192 g/mol. The summed E-state index contributed by atoms with van der Waals surface area (Å²) in [6.45, 7) is 3.31. The van der Waals surface area contributed by atoms with Gasteiger partial charge in [-0.25, -0.2) is 9.97 Å². The number of nitrogens with zero attached hydrogens (tertiary/aromatic N) is 2. The number of hydrogen-bond acceptors (Lipinski definition) is 4. The average molecular weight is 192 g/mol. The molecule has 0 aromatic carbocycles. The molecule has 2 rings (SSSR count). The van der Waals surface area contributed by atoms with Gasteiger partial charge in [0.1, 0.15) is 0 Å². The zero-order chi connectivity index (χ0) is 9.80. The van der Waals surface area contributed by atoms with Crippen molar-refractivity contribution in [1.82, 2.24) is 15.3 Å². The van der Waals surface area contributed by atoms with E-state index in [1.54, 1.807) is 12.4 Å². The predicted molar refractivity (Wildman–Crippen MR) is 56.1 cm³/mol. The molecule has 2 unspecified atom stereocenters. The molecule has 4 nitrogen and oxygen atoms in total. The number of aromatic nitrogens is 2. The van der Waals surface area contributed by atoms with Gasteiger partial charge in [0.25, 0.3) is 0 Å². The normalized spacial score (nSPS) is 27.2. The van der Waals surface area contributed by atoms with Gasteiger partial charge in [-0.2, -0.15) is 0 Å². The van der Waals surface area contributed by atoms with Gasteiger partial charge in [-0.3, -0.25) is 0 Å².